The Labute approximate surface area is 129 Å². The normalized spacial score (nSPS) is 28.2. The molecule has 2 heterocycles. The Morgan fingerprint density at radius 2 is 1.86 bits per heavy atom. The van der Waals surface area contributed by atoms with Crippen molar-refractivity contribution in [2.75, 3.05) is 53.9 Å². The van der Waals surface area contributed by atoms with Crippen LogP contribution in [0, 0.1) is 5.92 Å². The van der Waals surface area contributed by atoms with Gasteiger partial charge in [0, 0.05) is 25.2 Å². The zero-order valence-corrected chi connectivity index (χ0v) is 14.1. The van der Waals surface area contributed by atoms with Crippen LogP contribution in [0.1, 0.15) is 26.2 Å². The van der Waals surface area contributed by atoms with Gasteiger partial charge in [0.05, 0.1) is 5.92 Å². The van der Waals surface area contributed by atoms with Crippen LogP contribution in [0.2, 0.25) is 0 Å². The number of hydrogen-bond acceptors (Lipinski definition) is 4. The van der Waals surface area contributed by atoms with Gasteiger partial charge in [-0.2, -0.15) is 0 Å². The predicted molar refractivity (Wildman–Crippen MR) is 86.4 cm³/mol. The van der Waals surface area contributed by atoms with Gasteiger partial charge in [-0.15, -0.1) is 0 Å². The van der Waals surface area contributed by atoms with Crippen molar-refractivity contribution in [3.63, 3.8) is 0 Å². The maximum atomic E-state index is 13.0. The third-order valence-corrected chi connectivity index (χ3v) is 5.04. The zero-order chi connectivity index (χ0) is 15.4. The maximum absolute atomic E-state index is 13.0. The first-order valence-electron chi connectivity index (χ1n) is 8.36. The summed E-state index contributed by atoms with van der Waals surface area (Å²) < 4.78 is 0. The molecule has 5 heteroatoms. The first kappa shape index (κ1) is 16.7. The summed E-state index contributed by atoms with van der Waals surface area (Å²) in [5.74, 6) is 0.552. The highest BCUT2D eigenvalue weighted by Gasteiger charge is 2.36. The van der Waals surface area contributed by atoms with E-state index in [2.05, 4.69) is 48.1 Å². The lowest BCUT2D eigenvalue weighted by atomic mass is 9.96. The molecule has 2 fully saturated rings. The minimum atomic E-state index is 0.173. The van der Waals surface area contributed by atoms with Gasteiger partial charge in [0.15, 0.2) is 0 Å². The molecule has 2 aliphatic heterocycles. The fourth-order valence-electron chi connectivity index (χ4n) is 3.50. The third-order valence-electron chi connectivity index (χ3n) is 5.04. The minimum absolute atomic E-state index is 0.173. The zero-order valence-electron chi connectivity index (χ0n) is 14.1. The highest BCUT2D eigenvalue weighted by Crippen LogP contribution is 2.23. The number of piperidine rings is 1. The van der Waals surface area contributed by atoms with E-state index in [1.807, 2.05) is 0 Å². The fourth-order valence-corrected chi connectivity index (χ4v) is 3.50. The number of rotatable bonds is 5. The van der Waals surface area contributed by atoms with Crippen LogP contribution >= 0.6 is 0 Å². The summed E-state index contributed by atoms with van der Waals surface area (Å²) in [5.41, 5.74) is 0. The Bertz CT molecular complexity index is 339. The van der Waals surface area contributed by atoms with Crippen molar-refractivity contribution in [2.24, 2.45) is 5.92 Å². The lowest BCUT2D eigenvalue weighted by molar-refractivity contribution is -0.139. The van der Waals surface area contributed by atoms with Gasteiger partial charge in [-0.1, -0.05) is 0 Å². The SMILES string of the molecule is CC1NCCC1C(=O)N(CCN(C)C)C1CCN(C)CC1. The monoisotopic (exact) mass is 296 g/mol. The molecule has 0 aliphatic carbocycles. The van der Waals surface area contributed by atoms with E-state index in [0.29, 0.717) is 18.0 Å². The van der Waals surface area contributed by atoms with Crippen LogP contribution in [0.25, 0.3) is 0 Å². The Hall–Kier alpha value is -0.650. The van der Waals surface area contributed by atoms with Crippen LogP contribution in [0.4, 0.5) is 0 Å². The Kier molecular flexibility index (Phi) is 6.02. The molecule has 2 saturated heterocycles. The van der Waals surface area contributed by atoms with Crippen molar-refractivity contribution >= 4 is 5.91 Å². The molecule has 2 aliphatic rings. The molecule has 122 valence electrons. The second-order valence-electron chi connectivity index (χ2n) is 7.01. The first-order valence-corrected chi connectivity index (χ1v) is 8.36. The topological polar surface area (TPSA) is 38.8 Å². The van der Waals surface area contributed by atoms with Crippen molar-refractivity contribution in [2.45, 2.75) is 38.3 Å². The van der Waals surface area contributed by atoms with Crippen molar-refractivity contribution in [1.82, 2.24) is 20.0 Å². The summed E-state index contributed by atoms with van der Waals surface area (Å²) in [4.78, 5) is 19.7. The average Bonchev–Trinajstić information content (AvgIpc) is 2.86. The fraction of sp³-hybridized carbons (Fsp3) is 0.938. The summed E-state index contributed by atoms with van der Waals surface area (Å²) in [7, 11) is 6.33. The standard InChI is InChI=1S/C16H32N4O/c1-13-15(5-8-17-13)16(21)20(12-11-18(2)3)14-6-9-19(4)10-7-14/h13-15,17H,5-12H2,1-4H3. The van der Waals surface area contributed by atoms with E-state index < -0.39 is 0 Å². The van der Waals surface area contributed by atoms with E-state index in [1.54, 1.807) is 0 Å². The lowest BCUT2D eigenvalue weighted by Crippen LogP contribution is -2.51. The van der Waals surface area contributed by atoms with Crippen molar-refractivity contribution in [3.05, 3.63) is 0 Å². The minimum Gasteiger partial charge on any atom is -0.338 e. The molecule has 21 heavy (non-hydrogen) atoms. The van der Waals surface area contributed by atoms with E-state index in [1.165, 1.54) is 0 Å². The largest absolute Gasteiger partial charge is 0.338 e. The van der Waals surface area contributed by atoms with Crippen molar-refractivity contribution < 1.29 is 4.79 Å². The average molecular weight is 296 g/mol. The summed E-state index contributed by atoms with van der Waals surface area (Å²) in [6, 6.07) is 0.757. The van der Waals surface area contributed by atoms with Crippen LogP contribution in [-0.4, -0.2) is 86.6 Å². The van der Waals surface area contributed by atoms with Crippen molar-refractivity contribution in [1.29, 1.82) is 0 Å². The number of carbonyl (C=O) groups is 1. The molecule has 1 N–H and O–H groups in total. The number of carbonyl (C=O) groups excluding carboxylic acids is 1. The molecule has 2 rings (SSSR count). The van der Waals surface area contributed by atoms with Gasteiger partial charge in [-0.05, 0) is 67.0 Å². The van der Waals surface area contributed by atoms with E-state index in [9.17, 15) is 4.79 Å². The predicted octanol–water partition coefficient (Wildman–Crippen LogP) is 0.469. The van der Waals surface area contributed by atoms with Gasteiger partial charge in [-0.3, -0.25) is 4.79 Å². The molecular weight excluding hydrogens is 264 g/mol. The van der Waals surface area contributed by atoms with E-state index in [0.717, 1.165) is 52.0 Å². The Morgan fingerprint density at radius 1 is 1.19 bits per heavy atom. The van der Waals surface area contributed by atoms with Crippen molar-refractivity contribution in [3.8, 4) is 0 Å². The summed E-state index contributed by atoms with van der Waals surface area (Å²) in [5, 5.41) is 3.41. The van der Waals surface area contributed by atoms with Crippen LogP contribution in [0.3, 0.4) is 0 Å². The third kappa shape index (κ3) is 4.41. The second-order valence-corrected chi connectivity index (χ2v) is 7.01. The lowest BCUT2D eigenvalue weighted by Gasteiger charge is -2.39. The number of amides is 1. The van der Waals surface area contributed by atoms with Gasteiger partial charge in [-0.25, -0.2) is 0 Å². The molecule has 5 nitrogen and oxygen atoms in total. The summed E-state index contributed by atoms with van der Waals surface area (Å²) in [6.07, 6.45) is 3.22. The number of likely N-dealkylation sites (N-methyl/N-ethyl adjacent to an activating group) is 1. The molecule has 0 saturated carbocycles. The highest BCUT2D eigenvalue weighted by molar-refractivity contribution is 5.80. The molecule has 2 atom stereocenters. The summed E-state index contributed by atoms with van der Waals surface area (Å²) >= 11 is 0. The molecule has 0 bridgehead atoms. The maximum Gasteiger partial charge on any atom is 0.227 e. The van der Waals surface area contributed by atoms with Crippen LogP contribution in [-0.2, 0) is 4.79 Å². The second kappa shape index (κ2) is 7.56. The Balaban J connectivity index is 2.02. The Morgan fingerprint density at radius 3 is 2.38 bits per heavy atom. The van der Waals surface area contributed by atoms with Gasteiger partial charge in [0.1, 0.15) is 0 Å². The van der Waals surface area contributed by atoms with Crippen LogP contribution in [0.15, 0.2) is 0 Å². The van der Waals surface area contributed by atoms with E-state index >= 15 is 0 Å². The number of nitrogens with one attached hydrogen (secondary N) is 1. The molecule has 1 amide bonds. The number of likely N-dealkylation sites (tertiary alicyclic amines) is 1. The quantitative estimate of drug-likeness (QED) is 0.800. The van der Waals surface area contributed by atoms with E-state index in [-0.39, 0.29) is 5.92 Å². The van der Waals surface area contributed by atoms with Gasteiger partial charge in [0.25, 0.3) is 0 Å². The van der Waals surface area contributed by atoms with Crippen LogP contribution < -0.4 is 5.32 Å². The van der Waals surface area contributed by atoms with Gasteiger partial charge >= 0.3 is 0 Å². The number of nitrogens with zero attached hydrogens (tertiary/aromatic N) is 3. The highest BCUT2D eigenvalue weighted by atomic mass is 16.2. The summed E-state index contributed by atoms with van der Waals surface area (Å²) in [6.45, 7) is 7.15. The first-order chi connectivity index (χ1) is 9.99. The molecule has 2 unspecified atom stereocenters. The molecular formula is C16H32N4O. The number of hydrogen-bond donors (Lipinski definition) is 1. The van der Waals surface area contributed by atoms with Crippen LogP contribution in [0.5, 0.6) is 0 Å². The molecule has 0 spiro atoms. The van der Waals surface area contributed by atoms with E-state index in [4.69, 9.17) is 0 Å². The molecule has 0 aromatic heterocycles. The molecule has 0 aromatic rings. The molecule has 0 aromatic carbocycles. The van der Waals surface area contributed by atoms with Gasteiger partial charge < -0.3 is 20.0 Å². The molecule has 0 radical (unpaired) electrons. The smallest absolute Gasteiger partial charge is 0.227 e. The van der Waals surface area contributed by atoms with Gasteiger partial charge in [0.2, 0.25) is 5.91 Å².